The van der Waals surface area contributed by atoms with Crippen molar-refractivity contribution in [3.05, 3.63) is 45.7 Å². The summed E-state index contributed by atoms with van der Waals surface area (Å²) < 4.78 is 35.7. The molecule has 0 atom stereocenters. The van der Waals surface area contributed by atoms with Crippen molar-refractivity contribution in [1.29, 1.82) is 0 Å². The number of aromatic nitrogens is 3. The lowest BCUT2D eigenvalue weighted by Gasteiger charge is -2.12. The molecule has 3 rings (SSSR count). The van der Waals surface area contributed by atoms with E-state index in [4.69, 9.17) is 0 Å². The highest BCUT2D eigenvalue weighted by atomic mass is 79.9. The largest absolute Gasteiger partial charge is 0.464 e. The molecule has 0 radical (unpaired) electrons. The number of carbonyl (C=O) groups excluding carboxylic acids is 1. The number of pyridine rings is 1. The van der Waals surface area contributed by atoms with Crippen LogP contribution >= 0.6 is 15.9 Å². The van der Waals surface area contributed by atoms with Crippen molar-refractivity contribution >= 4 is 44.3 Å². The van der Waals surface area contributed by atoms with E-state index in [1.807, 2.05) is 0 Å². The van der Waals surface area contributed by atoms with Crippen molar-refractivity contribution in [3.8, 4) is 0 Å². The van der Waals surface area contributed by atoms with Gasteiger partial charge in [-0.15, -0.1) is 0 Å². The molecule has 0 amide bonds. The number of hydrogen-bond donors (Lipinski definition) is 1. The molecule has 25 heavy (non-hydrogen) atoms. The minimum absolute atomic E-state index is 0.0129. The van der Waals surface area contributed by atoms with Gasteiger partial charge in [0.1, 0.15) is 22.5 Å². The summed E-state index contributed by atoms with van der Waals surface area (Å²) in [5.41, 5.74) is 0.209. The highest BCUT2D eigenvalue weighted by Crippen LogP contribution is 2.31. The standard InChI is InChI=1S/C16H13BrF2N4O2/c1-7-12-14(22-23(7)2)11(19)13(15(21-12)16(24)25-3)20-10-5-4-8(17)6-9(10)18/h4-6,20H,1-3H3. The average molecular weight is 411 g/mol. The van der Waals surface area contributed by atoms with Crippen LogP contribution in [0.25, 0.3) is 11.0 Å². The molecule has 0 unspecified atom stereocenters. The molecule has 6 nitrogen and oxygen atoms in total. The smallest absolute Gasteiger partial charge is 0.358 e. The second kappa shape index (κ2) is 6.40. The molecular weight excluding hydrogens is 398 g/mol. The Bertz CT molecular complexity index is 1000. The molecule has 3 aromatic rings. The van der Waals surface area contributed by atoms with Crippen molar-refractivity contribution in [1.82, 2.24) is 14.8 Å². The van der Waals surface area contributed by atoms with Gasteiger partial charge in [-0.1, -0.05) is 15.9 Å². The predicted octanol–water partition coefficient (Wildman–Crippen LogP) is 3.85. The minimum Gasteiger partial charge on any atom is -0.464 e. The Labute approximate surface area is 149 Å². The van der Waals surface area contributed by atoms with Gasteiger partial charge in [-0.3, -0.25) is 4.68 Å². The lowest BCUT2D eigenvalue weighted by molar-refractivity contribution is 0.0595. The Morgan fingerprint density at radius 3 is 2.68 bits per heavy atom. The molecule has 0 aliphatic carbocycles. The van der Waals surface area contributed by atoms with Crippen LogP contribution in [0, 0.1) is 18.6 Å². The normalized spacial score (nSPS) is 11.0. The van der Waals surface area contributed by atoms with E-state index in [1.165, 1.54) is 16.8 Å². The van der Waals surface area contributed by atoms with Gasteiger partial charge in [0, 0.05) is 11.5 Å². The predicted molar refractivity (Wildman–Crippen MR) is 91.9 cm³/mol. The Morgan fingerprint density at radius 1 is 1.32 bits per heavy atom. The second-order valence-electron chi connectivity index (χ2n) is 5.30. The highest BCUT2D eigenvalue weighted by molar-refractivity contribution is 9.10. The first-order chi connectivity index (χ1) is 11.8. The Balaban J connectivity index is 2.24. The number of anilines is 2. The number of ether oxygens (including phenoxy) is 1. The van der Waals surface area contributed by atoms with E-state index in [0.717, 1.165) is 7.11 Å². The van der Waals surface area contributed by atoms with Gasteiger partial charge in [-0.05, 0) is 25.1 Å². The molecule has 0 aliphatic heterocycles. The van der Waals surface area contributed by atoms with Crippen LogP contribution in [0.1, 0.15) is 16.2 Å². The van der Waals surface area contributed by atoms with E-state index < -0.39 is 17.6 Å². The van der Waals surface area contributed by atoms with E-state index in [2.05, 4.69) is 36.1 Å². The second-order valence-corrected chi connectivity index (χ2v) is 6.21. The van der Waals surface area contributed by atoms with Gasteiger partial charge in [-0.2, -0.15) is 5.10 Å². The van der Waals surface area contributed by atoms with Gasteiger partial charge in [-0.25, -0.2) is 18.6 Å². The van der Waals surface area contributed by atoms with E-state index >= 15 is 0 Å². The summed E-state index contributed by atoms with van der Waals surface area (Å²) in [4.78, 5) is 16.2. The van der Waals surface area contributed by atoms with Crippen LogP contribution in [-0.2, 0) is 11.8 Å². The van der Waals surface area contributed by atoms with Crippen LogP contribution in [0.2, 0.25) is 0 Å². The number of carbonyl (C=O) groups is 1. The third kappa shape index (κ3) is 2.95. The summed E-state index contributed by atoms with van der Waals surface area (Å²) >= 11 is 3.15. The number of nitrogens with one attached hydrogen (secondary N) is 1. The first-order valence-electron chi connectivity index (χ1n) is 7.16. The number of aryl methyl sites for hydroxylation is 2. The number of hydrogen-bond acceptors (Lipinski definition) is 5. The van der Waals surface area contributed by atoms with Crippen LogP contribution in [0.3, 0.4) is 0 Å². The molecule has 1 N–H and O–H groups in total. The summed E-state index contributed by atoms with van der Waals surface area (Å²) in [5.74, 6) is -2.28. The summed E-state index contributed by atoms with van der Waals surface area (Å²) in [6.45, 7) is 1.70. The van der Waals surface area contributed by atoms with E-state index in [9.17, 15) is 13.6 Å². The molecule has 0 aliphatic rings. The van der Waals surface area contributed by atoms with Gasteiger partial charge in [0.05, 0.1) is 18.5 Å². The molecule has 130 valence electrons. The summed E-state index contributed by atoms with van der Waals surface area (Å²) in [7, 11) is 2.79. The number of nitrogens with zero attached hydrogens (tertiary/aromatic N) is 3. The van der Waals surface area contributed by atoms with Gasteiger partial charge in [0.15, 0.2) is 11.5 Å². The fourth-order valence-electron chi connectivity index (χ4n) is 2.35. The van der Waals surface area contributed by atoms with Crippen molar-refractivity contribution in [2.75, 3.05) is 12.4 Å². The van der Waals surface area contributed by atoms with Crippen LogP contribution in [0.5, 0.6) is 0 Å². The van der Waals surface area contributed by atoms with Crippen LogP contribution in [-0.4, -0.2) is 27.8 Å². The molecule has 2 heterocycles. The number of rotatable bonds is 3. The van der Waals surface area contributed by atoms with Gasteiger partial charge < -0.3 is 10.1 Å². The van der Waals surface area contributed by atoms with Crippen LogP contribution < -0.4 is 5.32 Å². The first-order valence-corrected chi connectivity index (χ1v) is 7.96. The van der Waals surface area contributed by atoms with E-state index in [1.54, 1.807) is 20.0 Å². The zero-order valence-corrected chi connectivity index (χ0v) is 15.1. The minimum atomic E-state index is -0.843. The van der Waals surface area contributed by atoms with Crippen molar-refractivity contribution in [3.63, 3.8) is 0 Å². The lowest BCUT2D eigenvalue weighted by Crippen LogP contribution is -2.11. The van der Waals surface area contributed by atoms with Gasteiger partial charge >= 0.3 is 5.97 Å². The Hall–Kier alpha value is -2.55. The maximum atomic E-state index is 15.0. The zero-order chi connectivity index (χ0) is 18.3. The number of fused-ring (bicyclic) bond motifs is 1. The Kier molecular flexibility index (Phi) is 4.42. The number of halogens is 3. The average Bonchev–Trinajstić information content (AvgIpc) is 2.86. The van der Waals surface area contributed by atoms with Crippen LogP contribution in [0.4, 0.5) is 20.2 Å². The van der Waals surface area contributed by atoms with Crippen molar-refractivity contribution < 1.29 is 18.3 Å². The quantitative estimate of drug-likeness (QED) is 0.664. The highest BCUT2D eigenvalue weighted by Gasteiger charge is 2.25. The van der Waals surface area contributed by atoms with Crippen molar-refractivity contribution in [2.24, 2.45) is 7.05 Å². The molecular formula is C16H13BrF2N4O2. The molecule has 2 aromatic heterocycles. The number of esters is 1. The monoisotopic (exact) mass is 410 g/mol. The van der Waals surface area contributed by atoms with Gasteiger partial charge in [0.25, 0.3) is 0 Å². The summed E-state index contributed by atoms with van der Waals surface area (Å²) in [5, 5.41) is 6.65. The molecule has 0 saturated carbocycles. The molecule has 1 aromatic carbocycles. The van der Waals surface area contributed by atoms with E-state index in [-0.39, 0.29) is 28.1 Å². The molecule has 0 saturated heterocycles. The maximum absolute atomic E-state index is 15.0. The topological polar surface area (TPSA) is 69.0 Å². The first kappa shape index (κ1) is 17.3. The van der Waals surface area contributed by atoms with Crippen LogP contribution in [0.15, 0.2) is 22.7 Å². The van der Waals surface area contributed by atoms with Gasteiger partial charge in [0.2, 0.25) is 0 Å². The number of methoxy groups -OCH3 is 1. The zero-order valence-electron chi connectivity index (χ0n) is 13.5. The fourth-order valence-corrected chi connectivity index (χ4v) is 2.69. The molecule has 0 spiro atoms. The molecule has 0 bridgehead atoms. The molecule has 9 heteroatoms. The SMILES string of the molecule is COC(=O)c1nc2c(C)n(C)nc2c(F)c1Nc1ccc(Br)cc1F. The maximum Gasteiger partial charge on any atom is 0.358 e. The Morgan fingerprint density at radius 2 is 2.04 bits per heavy atom. The third-order valence-corrected chi connectivity index (χ3v) is 4.25. The lowest BCUT2D eigenvalue weighted by atomic mass is 10.2. The third-order valence-electron chi connectivity index (χ3n) is 3.76. The van der Waals surface area contributed by atoms with E-state index in [0.29, 0.717) is 10.2 Å². The number of benzene rings is 1. The summed E-state index contributed by atoms with van der Waals surface area (Å²) in [6, 6.07) is 4.21. The van der Waals surface area contributed by atoms with Crippen molar-refractivity contribution in [2.45, 2.75) is 6.92 Å². The summed E-state index contributed by atoms with van der Waals surface area (Å²) in [6.07, 6.45) is 0. The fraction of sp³-hybridized carbons (Fsp3) is 0.188. The molecule has 0 fully saturated rings.